The molecule has 2 N–H and O–H groups in total. The van der Waals surface area contributed by atoms with Crippen LogP contribution in [0.2, 0.25) is 0 Å². The van der Waals surface area contributed by atoms with Gasteiger partial charge in [0, 0.05) is 12.0 Å². The highest BCUT2D eigenvalue weighted by Gasteiger charge is 2.26. The Morgan fingerprint density at radius 1 is 1.07 bits per heavy atom. The Labute approximate surface area is 87.3 Å². The van der Waals surface area contributed by atoms with Crippen molar-refractivity contribution in [3.05, 3.63) is 35.4 Å². The molecule has 0 aromatic heterocycles. The minimum Gasteiger partial charge on any atom is -0.330 e. The highest BCUT2D eigenvalue weighted by Crippen LogP contribution is 2.30. The molecular formula is C13H21N. The largest absolute Gasteiger partial charge is 0.330 e. The number of hydrogen-bond donors (Lipinski definition) is 1. The normalized spacial score (nSPS) is 11.7. The average Bonchev–Trinajstić information content (AvgIpc) is 2.24. The molecule has 0 aliphatic carbocycles. The summed E-state index contributed by atoms with van der Waals surface area (Å²) < 4.78 is 0. The van der Waals surface area contributed by atoms with Gasteiger partial charge in [-0.1, -0.05) is 43.7 Å². The van der Waals surface area contributed by atoms with Gasteiger partial charge < -0.3 is 5.73 Å². The zero-order valence-electron chi connectivity index (χ0n) is 9.51. The first-order chi connectivity index (χ1) is 6.68. The van der Waals surface area contributed by atoms with Crippen molar-refractivity contribution < 1.29 is 0 Å². The van der Waals surface area contributed by atoms with E-state index in [0.29, 0.717) is 0 Å². The third kappa shape index (κ3) is 1.98. The molecule has 14 heavy (non-hydrogen) atoms. The highest BCUT2D eigenvalue weighted by atomic mass is 14.6. The fourth-order valence-corrected chi connectivity index (χ4v) is 1.97. The molecule has 0 unspecified atom stereocenters. The summed E-state index contributed by atoms with van der Waals surface area (Å²) in [5.74, 6) is 0. The molecule has 1 aromatic rings. The van der Waals surface area contributed by atoms with Crippen LogP contribution >= 0.6 is 0 Å². The topological polar surface area (TPSA) is 26.0 Å². The van der Waals surface area contributed by atoms with Gasteiger partial charge in [-0.15, -0.1) is 0 Å². The van der Waals surface area contributed by atoms with E-state index in [1.165, 1.54) is 11.1 Å². The Morgan fingerprint density at radius 2 is 1.57 bits per heavy atom. The summed E-state index contributed by atoms with van der Waals surface area (Å²) in [5.41, 5.74) is 8.78. The minimum atomic E-state index is 0.188. The summed E-state index contributed by atoms with van der Waals surface area (Å²) in [4.78, 5) is 0. The smallest absolute Gasteiger partial charge is 0.00703 e. The van der Waals surface area contributed by atoms with Crippen LogP contribution in [0.25, 0.3) is 0 Å². The Bertz CT molecular complexity index is 262. The van der Waals surface area contributed by atoms with Crippen LogP contribution in [0.15, 0.2) is 24.3 Å². The molecule has 1 aromatic carbocycles. The first-order valence-corrected chi connectivity index (χ1v) is 5.45. The van der Waals surface area contributed by atoms with Crippen LogP contribution in [-0.2, 0) is 5.41 Å². The molecule has 1 heteroatoms. The quantitative estimate of drug-likeness (QED) is 0.778. The summed E-state index contributed by atoms with van der Waals surface area (Å²) in [7, 11) is 0. The Balaban J connectivity index is 3.05. The Hall–Kier alpha value is -0.820. The molecule has 0 aliphatic rings. The van der Waals surface area contributed by atoms with E-state index in [-0.39, 0.29) is 5.41 Å². The molecule has 1 rings (SSSR count). The monoisotopic (exact) mass is 191 g/mol. The van der Waals surface area contributed by atoms with Gasteiger partial charge in [0.05, 0.1) is 0 Å². The minimum absolute atomic E-state index is 0.188. The summed E-state index contributed by atoms with van der Waals surface area (Å²) in [6, 6.07) is 8.78. The standard InChI is InChI=1S/C13H21N/c1-4-13(5-2,10-14)12-8-6-11(3)7-9-12/h6-9H,4-5,10,14H2,1-3H3. The van der Waals surface area contributed by atoms with Gasteiger partial charge in [-0.25, -0.2) is 0 Å². The second-order valence-electron chi connectivity index (χ2n) is 4.06. The molecule has 0 atom stereocenters. The van der Waals surface area contributed by atoms with E-state index >= 15 is 0 Å². The number of hydrogen-bond acceptors (Lipinski definition) is 1. The van der Waals surface area contributed by atoms with Crippen molar-refractivity contribution in [1.29, 1.82) is 0 Å². The van der Waals surface area contributed by atoms with Gasteiger partial charge in [-0.3, -0.25) is 0 Å². The van der Waals surface area contributed by atoms with Gasteiger partial charge in [-0.2, -0.15) is 0 Å². The molecule has 0 aliphatic heterocycles. The van der Waals surface area contributed by atoms with Crippen LogP contribution in [0.1, 0.15) is 37.8 Å². The van der Waals surface area contributed by atoms with Gasteiger partial charge >= 0.3 is 0 Å². The Morgan fingerprint density at radius 3 is 1.93 bits per heavy atom. The van der Waals surface area contributed by atoms with Crippen LogP contribution in [0, 0.1) is 6.92 Å². The van der Waals surface area contributed by atoms with E-state index in [1.807, 2.05) is 0 Å². The predicted molar refractivity (Wildman–Crippen MR) is 62.5 cm³/mol. The number of aryl methyl sites for hydroxylation is 1. The molecule has 0 radical (unpaired) electrons. The van der Waals surface area contributed by atoms with Crippen molar-refractivity contribution in [2.75, 3.05) is 6.54 Å². The van der Waals surface area contributed by atoms with E-state index in [9.17, 15) is 0 Å². The van der Waals surface area contributed by atoms with Crippen LogP contribution < -0.4 is 5.73 Å². The molecule has 0 spiro atoms. The van der Waals surface area contributed by atoms with E-state index < -0.39 is 0 Å². The summed E-state index contributed by atoms with van der Waals surface area (Å²) in [6.07, 6.45) is 2.23. The lowest BCUT2D eigenvalue weighted by Gasteiger charge is -2.30. The Kier molecular flexibility index (Phi) is 3.70. The van der Waals surface area contributed by atoms with Gasteiger partial charge in [0.25, 0.3) is 0 Å². The van der Waals surface area contributed by atoms with Crippen LogP contribution in [0.3, 0.4) is 0 Å². The van der Waals surface area contributed by atoms with E-state index in [0.717, 1.165) is 19.4 Å². The number of nitrogens with two attached hydrogens (primary N) is 1. The zero-order valence-corrected chi connectivity index (χ0v) is 9.51. The molecule has 0 heterocycles. The van der Waals surface area contributed by atoms with E-state index in [1.54, 1.807) is 0 Å². The second-order valence-corrected chi connectivity index (χ2v) is 4.06. The van der Waals surface area contributed by atoms with E-state index in [2.05, 4.69) is 45.0 Å². The van der Waals surface area contributed by atoms with Crippen LogP contribution in [0.5, 0.6) is 0 Å². The fraction of sp³-hybridized carbons (Fsp3) is 0.538. The molecular weight excluding hydrogens is 170 g/mol. The molecule has 0 fully saturated rings. The third-order valence-corrected chi connectivity index (χ3v) is 3.41. The van der Waals surface area contributed by atoms with Crippen molar-refractivity contribution >= 4 is 0 Å². The number of rotatable bonds is 4. The maximum Gasteiger partial charge on any atom is 0.00703 e. The van der Waals surface area contributed by atoms with Crippen molar-refractivity contribution in [3.8, 4) is 0 Å². The number of benzene rings is 1. The van der Waals surface area contributed by atoms with Gasteiger partial charge in [0.1, 0.15) is 0 Å². The van der Waals surface area contributed by atoms with E-state index in [4.69, 9.17) is 5.73 Å². The lowest BCUT2D eigenvalue weighted by Crippen LogP contribution is -2.33. The average molecular weight is 191 g/mol. The molecule has 78 valence electrons. The van der Waals surface area contributed by atoms with Crippen molar-refractivity contribution in [3.63, 3.8) is 0 Å². The van der Waals surface area contributed by atoms with Gasteiger partial charge in [-0.05, 0) is 25.3 Å². The SMILES string of the molecule is CCC(CC)(CN)c1ccc(C)cc1. The van der Waals surface area contributed by atoms with Crippen LogP contribution in [0.4, 0.5) is 0 Å². The zero-order chi connectivity index (χ0) is 10.6. The van der Waals surface area contributed by atoms with Crippen molar-refractivity contribution in [2.24, 2.45) is 5.73 Å². The third-order valence-electron chi connectivity index (χ3n) is 3.41. The predicted octanol–water partition coefficient (Wildman–Crippen LogP) is 3.01. The maximum absolute atomic E-state index is 5.90. The molecule has 0 saturated carbocycles. The van der Waals surface area contributed by atoms with Crippen LogP contribution in [-0.4, -0.2) is 6.54 Å². The van der Waals surface area contributed by atoms with Gasteiger partial charge in [0.15, 0.2) is 0 Å². The fourth-order valence-electron chi connectivity index (χ4n) is 1.97. The molecule has 0 saturated heterocycles. The molecule has 0 bridgehead atoms. The molecule has 1 nitrogen and oxygen atoms in total. The summed E-state index contributed by atoms with van der Waals surface area (Å²) >= 11 is 0. The van der Waals surface area contributed by atoms with Crippen molar-refractivity contribution in [1.82, 2.24) is 0 Å². The van der Waals surface area contributed by atoms with Crippen molar-refractivity contribution in [2.45, 2.75) is 39.0 Å². The van der Waals surface area contributed by atoms with Gasteiger partial charge in [0.2, 0.25) is 0 Å². The first kappa shape index (κ1) is 11.3. The molecule has 0 amide bonds. The lowest BCUT2D eigenvalue weighted by atomic mass is 9.76. The second kappa shape index (κ2) is 4.61. The summed E-state index contributed by atoms with van der Waals surface area (Å²) in [6.45, 7) is 7.29. The first-order valence-electron chi connectivity index (χ1n) is 5.45. The maximum atomic E-state index is 5.90. The lowest BCUT2D eigenvalue weighted by molar-refractivity contribution is 0.407. The highest BCUT2D eigenvalue weighted by molar-refractivity contribution is 5.29. The summed E-state index contributed by atoms with van der Waals surface area (Å²) in [5, 5.41) is 0.